The number of primary amides is 1. The molecule has 2 amide bonds. The number of nitrogens with zero attached hydrogens (tertiary/aromatic N) is 1. The van der Waals surface area contributed by atoms with E-state index in [9.17, 15) is 9.59 Å². The van der Waals surface area contributed by atoms with Gasteiger partial charge in [-0.15, -0.1) is 0 Å². The van der Waals surface area contributed by atoms with Gasteiger partial charge in [-0.2, -0.15) is 0 Å². The van der Waals surface area contributed by atoms with E-state index in [0.29, 0.717) is 25.9 Å². The Morgan fingerprint density at radius 3 is 2.47 bits per heavy atom. The maximum Gasteiger partial charge on any atom is 0.229 e. The summed E-state index contributed by atoms with van der Waals surface area (Å²) in [5.74, 6) is -0.0511. The molecule has 0 aromatic heterocycles. The first-order valence-corrected chi connectivity index (χ1v) is 6.32. The third kappa shape index (κ3) is 2.44. The Kier molecular flexibility index (Phi) is 3.38. The Bertz CT molecular complexity index is 316. The van der Waals surface area contributed by atoms with E-state index >= 15 is 0 Å². The Balaban J connectivity index is 1.92. The van der Waals surface area contributed by atoms with E-state index < -0.39 is 0 Å². The average molecular weight is 239 g/mol. The number of likely N-dealkylation sites (tertiary alicyclic amines) is 1. The lowest BCUT2D eigenvalue weighted by Gasteiger charge is -2.35. The third-order valence-corrected chi connectivity index (χ3v) is 4.07. The van der Waals surface area contributed by atoms with Crippen molar-refractivity contribution in [3.8, 4) is 0 Å². The number of carbonyl (C=O) groups excluding carboxylic acids is 2. The fraction of sp³-hybridized carbons (Fsp3) is 0.833. The van der Waals surface area contributed by atoms with Crippen LogP contribution in [0.25, 0.3) is 0 Å². The van der Waals surface area contributed by atoms with Crippen LogP contribution in [-0.4, -0.2) is 42.9 Å². The standard InChI is InChI=1S/C12H21N3O2/c1-12(4-5-14-8-12)11(17)15-6-2-9(3-7-15)10(13)16/h9,14H,2-8H2,1H3,(H2,13,16). The van der Waals surface area contributed by atoms with Crippen molar-refractivity contribution in [1.82, 2.24) is 10.2 Å². The van der Waals surface area contributed by atoms with Crippen molar-refractivity contribution >= 4 is 11.8 Å². The second-order valence-electron chi connectivity index (χ2n) is 5.46. The van der Waals surface area contributed by atoms with Crippen LogP contribution in [0.1, 0.15) is 26.2 Å². The second-order valence-corrected chi connectivity index (χ2v) is 5.46. The Morgan fingerprint density at radius 1 is 1.35 bits per heavy atom. The summed E-state index contributed by atoms with van der Waals surface area (Å²) in [7, 11) is 0. The highest BCUT2D eigenvalue weighted by molar-refractivity contribution is 5.83. The largest absolute Gasteiger partial charge is 0.369 e. The maximum atomic E-state index is 12.4. The fourth-order valence-electron chi connectivity index (χ4n) is 2.75. The molecule has 1 atom stereocenters. The van der Waals surface area contributed by atoms with Crippen LogP contribution in [0.4, 0.5) is 0 Å². The molecule has 2 aliphatic heterocycles. The minimum absolute atomic E-state index is 0.0476. The van der Waals surface area contributed by atoms with Gasteiger partial charge in [0.2, 0.25) is 11.8 Å². The van der Waals surface area contributed by atoms with Gasteiger partial charge in [0.25, 0.3) is 0 Å². The van der Waals surface area contributed by atoms with Crippen LogP contribution in [0.15, 0.2) is 0 Å². The molecule has 0 spiro atoms. The third-order valence-electron chi connectivity index (χ3n) is 4.07. The Morgan fingerprint density at radius 2 is 2.00 bits per heavy atom. The molecule has 2 fully saturated rings. The number of carbonyl (C=O) groups is 2. The zero-order valence-corrected chi connectivity index (χ0v) is 10.4. The van der Waals surface area contributed by atoms with Crippen LogP contribution in [0.3, 0.4) is 0 Å². The minimum atomic E-state index is -0.250. The van der Waals surface area contributed by atoms with Crippen molar-refractivity contribution in [2.24, 2.45) is 17.1 Å². The van der Waals surface area contributed by atoms with Crippen LogP contribution >= 0.6 is 0 Å². The topological polar surface area (TPSA) is 75.4 Å². The van der Waals surface area contributed by atoms with Crippen molar-refractivity contribution in [3.63, 3.8) is 0 Å². The van der Waals surface area contributed by atoms with Gasteiger partial charge in [0.1, 0.15) is 0 Å². The molecule has 0 aromatic rings. The molecule has 5 heteroatoms. The second kappa shape index (κ2) is 4.64. The molecule has 2 aliphatic rings. The highest BCUT2D eigenvalue weighted by Crippen LogP contribution is 2.29. The lowest BCUT2D eigenvalue weighted by atomic mass is 9.86. The predicted octanol–water partition coefficient (Wildman–Crippen LogP) is -0.290. The first-order valence-electron chi connectivity index (χ1n) is 6.32. The quantitative estimate of drug-likeness (QED) is 0.695. The van der Waals surface area contributed by atoms with Crippen LogP contribution in [0.5, 0.6) is 0 Å². The van der Waals surface area contributed by atoms with Crippen molar-refractivity contribution in [2.75, 3.05) is 26.2 Å². The molecule has 0 aliphatic carbocycles. The molecule has 3 N–H and O–H groups in total. The van der Waals surface area contributed by atoms with E-state index in [4.69, 9.17) is 5.73 Å². The van der Waals surface area contributed by atoms with Gasteiger partial charge in [0.15, 0.2) is 0 Å². The molecule has 0 aromatic carbocycles. The average Bonchev–Trinajstić information content (AvgIpc) is 2.76. The molecule has 0 radical (unpaired) electrons. The molecule has 96 valence electrons. The molecule has 5 nitrogen and oxygen atoms in total. The van der Waals surface area contributed by atoms with Crippen LogP contribution < -0.4 is 11.1 Å². The zero-order chi connectivity index (χ0) is 12.5. The first-order chi connectivity index (χ1) is 8.03. The molecule has 0 saturated carbocycles. The van der Waals surface area contributed by atoms with Gasteiger partial charge in [-0.1, -0.05) is 0 Å². The minimum Gasteiger partial charge on any atom is -0.369 e. The number of amides is 2. The zero-order valence-electron chi connectivity index (χ0n) is 10.4. The van der Waals surface area contributed by atoms with Gasteiger partial charge < -0.3 is 16.0 Å². The van der Waals surface area contributed by atoms with E-state index in [1.165, 1.54) is 0 Å². The van der Waals surface area contributed by atoms with Crippen molar-refractivity contribution < 1.29 is 9.59 Å². The molecule has 2 saturated heterocycles. The van der Waals surface area contributed by atoms with Gasteiger partial charge in [-0.3, -0.25) is 9.59 Å². The summed E-state index contributed by atoms with van der Waals surface area (Å²) < 4.78 is 0. The normalized spacial score (nSPS) is 30.5. The summed E-state index contributed by atoms with van der Waals surface area (Å²) >= 11 is 0. The molecule has 0 bridgehead atoms. The SMILES string of the molecule is CC1(C(=O)N2CCC(C(N)=O)CC2)CCNC1. The van der Waals surface area contributed by atoms with E-state index in [1.54, 1.807) is 0 Å². The monoisotopic (exact) mass is 239 g/mol. The first kappa shape index (κ1) is 12.4. The van der Waals surface area contributed by atoms with E-state index in [0.717, 1.165) is 19.5 Å². The van der Waals surface area contributed by atoms with Gasteiger partial charge in [0, 0.05) is 25.6 Å². The summed E-state index contributed by atoms with van der Waals surface area (Å²) in [6, 6.07) is 0. The summed E-state index contributed by atoms with van der Waals surface area (Å²) in [5, 5.41) is 3.24. The van der Waals surface area contributed by atoms with E-state index in [-0.39, 0.29) is 23.1 Å². The van der Waals surface area contributed by atoms with Gasteiger partial charge in [0.05, 0.1) is 5.41 Å². The summed E-state index contributed by atoms with van der Waals surface area (Å²) in [6.07, 6.45) is 2.33. The molecule has 2 rings (SSSR count). The predicted molar refractivity (Wildman–Crippen MR) is 64.1 cm³/mol. The number of piperidine rings is 1. The summed E-state index contributed by atoms with van der Waals surface area (Å²) in [4.78, 5) is 25.3. The lowest BCUT2D eigenvalue weighted by molar-refractivity contribution is -0.143. The highest BCUT2D eigenvalue weighted by atomic mass is 16.2. The summed E-state index contributed by atoms with van der Waals surface area (Å²) in [6.45, 7) is 5.04. The molecule has 17 heavy (non-hydrogen) atoms. The van der Waals surface area contributed by atoms with E-state index in [2.05, 4.69) is 5.32 Å². The van der Waals surface area contributed by atoms with Gasteiger partial charge >= 0.3 is 0 Å². The molecule has 2 heterocycles. The van der Waals surface area contributed by atoms with E-state index in [1.807, 2.05) is 11.8 Å². The number of nitrogens with two attached hydrogens (primary N) is 1. The number of hydrogen-bond donors (Lipinski definition) is 2. The van der Waals surface area contributed by atoms with Crippen molar-refractivity contribution in [2.45, 2.75) is 26.2 Å². The lowest BCUT2D eigenvalue weighted by Crippen LogP contribution is -2.48. The van der Waals surface area contributed by atoms with Crippen molar-refractivity contribution in [3.05, 3.63) is 0 Å². The Labute approximate surface area is 102 Å². The smallest absolute Gasteiger partial charge is 0.229 e. The Hall–Kier alpha value is -1.10. The molecular formula is C12H21N3O2. The molecular weight excluding hydrogens is 218 g/mol. The number of hydrogen-bond acceptors (Lipinski definition) is 3. The maximum absolute atomic E-state index is 12.4. The van der Waals surface area contributed by atoms with Crippen LogP contribution in [0.2, 0.25) is 0 Å². The van der Waals surface area contributed by atoms with Crippen LogP contribution in [0, 0.1) is 11.3 Å². The molecule has 1 unspecified atom stereocenters. The van der Waals surface area contributed by atoms with Gasteiger partial charge in [-0.25, -0.2) is 0 Å². The summed E-state index contributed by atoms with van der Waals surface area (Å²) in [5.41, 5.74) is 5.03. The van der Waals surface area contributed by atoms with Crippen LogP contribution in [-0.2, 0) is 9.59 Å². The number of rotatable bonds is 2. The van der Waals surface area contributed by atoms with Gasteiger partial charge in [-0.05, 0) is 32.7 Å². The fourth-order valence-corrected chi connectivity index (χ4v) is 2.75. The number of nitrogens with one attached hydrogen (secondary N) is 1. The van der Waals surface area contributed by atoms with Crippen molar-refractivity contribution in [1.29, 1.82) is 0 Å². The highest BCUT2D eigenvalue weighted by Gasteiger charge is 2.40.